The first-order chi connectivity index (χ1) is 17.8. The Morgan fingerprint density at radius 1 is 0.973 bits per heavy atom. The van der Waals surface area contributed by atoms with Gasteiger partial charge in [-0.2, -0.15) is 0 Å². The minimum Gasteiger partial charge on any atom is -0.356 e. The van der Waals surface area contributed by atoms with Gasteiger partial charge < -0.3 is 15.2 Å². The van der Waals surface area contributed by atoms with Gasteiger partial charge in [0.25, 0.3) is 11.8 Å². The maximum absolute atomic E-state index is 13.7. The van der Waals surface area contributed by atoms with Crippen LogP contribution in [0.2, 0.25) is 0 Å². The largest absolute Gasteiger partial charge is 0.356 e. The van der Waals surface area contributed by atoms with E-state index >= 15 is 0 Å². The molecule has 4 aromatic rings. The van der Waals surface area contributed by atoms with Crippen molar-refractivity contribution in [3.63, 3.8) is 0 Å². The summed E-state index contributed by atoms with van der Waals surface area (Å²) in [4.78, 5) is 47.0. The number of urea groups is 1. The molecule has 2 aliphatic rings. The molecule has 0 saturated carbocycles. The quantitative estimate of drug-likeness (QED) is 0.343. The number of amides is 4. The fourth-order valence-electron chi connectivity index (χ4n) is 5.59. The van der Waals surface area contributed by atoms with Crippen LogP contribution in [0.15, 0.2) is 72.8 Å². The maximum atomic E-state index is 13.7. The molecule has 186 valence electrons. The topological polar surface area (TPSA) is 85.5 Å². The van der Waals surface area contributed by atoms with Crippen LogP contribution in [0.25, 0.3) is 10.9 Å². The van der Waals surface area contributed by atoms with E-state index < -0.39 is 12.1 Å². The second-order valence-corrected chi connectivity index (χ2v) is 10.1. The molecule has 0 bridgehead atoms. The predicted molar refractivity (Wildman–Crippen MR) is 144 cm³/mol. The molecule has 3 aromatic carbocycles. The zero-order valence-corrected chi connectivity index (χ0v) is 21.0. The number of anilines is 2. The summed E-state index contributed by atoms with van der Waals surface area (Å²) in [5.41, 5.74) is 5.42. The molecule has 2 N–H and O–H groups in total. The van der Waals surface area contributed by atoms with Crippen molar-refractivity contribution in [2.45, 2.75) is 45.2 Å². The first kappa shape index (κ1) is 23.0. The highest BCUT2D eigenvalue weighted by atomic mass is 16.2. The molecule has 0 radical (unpaired) electrons. The van der Waals surface area contributed by atoms with Gasteiger partial charge in [-0.25, -0.2) is 9.69 Å². The first-order valence-corrected chi connectivity index (χ1v) is 12.6. The molecule has 1 fully saturated rings. The van der Waals surface area contributed by atoms with Crippen LogP contribution in [-0.4, -0.2) is 33.8 Å². The van der Waals surface area contributed by atoms with Gasteiger partial charge in [0.2, 0.25) is 0 Å². The first-order valence-electron chi connectivity index (χ1n) is 12.6. The fraction of sp³-hybridized carbons (Fsp3) is 0.233. The van der Waals surface area contributed by atoms with E-state index in [4.69, 9.17) is 0 Å². The summed E-state index contributed by atoms with van der Waals surface area (Å²) >= 11 is 0. The summed E-state index contributed by atoms with van der Waals surface area (Å²) in [6, 6.07) is 21.1. The lowest BCUT2D eigenvalue weighted by Crippen LogP contribution is -2.42. The van der Waals surface area contributed by atoms with Crippen LogP contribution in [0.1, 0.15) is 59.9 Å². The molecule has 7 heteroatoms. The van der Waals surface area contributed by atoms with E-state index in [0.717, 1.165) is 22.2 Å². The third-order valence-corrected chi connectivity index (χ3v) is 7.56. The maximum Gasteiger partial charge on any atom is 0.332 e. The molecule has 2 aliphatic heterocycles. The van der Waals surface area contributed by atoms with Crippen molar-refractivity contribution in [2.75, 3.05) is 10.2 Å². The number of aromatic amines is 1. The summed E-state index contributed by atoms with van der Waals surface area (Å²) in [5.74, 6) is -0.296. The number of nitrogens with zero attached hydrogens (tertiary/aromatic N) is 2. The Morgan fingerprint density at radius 3 is 2.43 bits per heavy atom. The second-order valence-electron chi connectivity index (χ2n) is 10.1. The van der Waals surface area contributed by atoms with E-state index in [-0.39, 0.29) is 23.4 Å². The lowest BCUT2D eigenvalue weighted by atomic mass is 9.93. The molecule has 3 heterocycles. The van der Waals surface area contributed by atoms with Crippen molar-refractivity contribution in [3.8, 4) is 0 Å². The Hall–Kier alpha value is -4.39. The number of hydrogen-bond donors (Lipinski definition) is 2. The number of benzene rings is 3. The summed E-state index contributed by atoms with van der Waals surface area (Å²) < 4.78 is 0. The number of carbonyl (C=O) groups excluding carboxylic acids is 3. The van der Waals surface area contributed by atoms with Gasteiger partial charge in [0, 0.05) is 28.7 Å². The number of imide groups is 1. The van der Waals surface area contributed by atoms with Gasteiger partial charge in [0.1, 0.15) is 6.04 Å². The average molecular weight is 493 g/mol. The number of rotatable bonds is 4. The minimum absolute atomic E-state index is 0.272. The van der Waals surface area contributed by atoms with Crippen LogP contribution in [0.4, 0.5) is 16.2 Å². The Morgan fingerprint density at radius 2 is 1.68 bits per heavy atom. The predicted octanol–water partition coefficient (Wildman–Crippen LogP) is 6.00. The Kier molecular flexibility index (Phi) is 5.37. The van der Waals surface area contributed by atoms with Crippen molar-refractivity contribution in [2.24, 2.45) is 0 Å². The van der Waals surface area contributed by atoms with Gasteiger partial charge in [0.15, 0.2) is 0 Å². The number of H-pyrrole nitrogens is 1. The number of aromatic nitrogens is 1. The molecule has 2 unspecified atom stereocenters. The van der Waals surface area contributed by atoms with Crippen molar-refractivity contribution in [1.82, 2.24) is 9.88 Å². The smallest absolute Gasteiger partial charge is 0.332 e. The molecule has 0 spiro atoms. The number of hydrogen-bond acceptors (Lipinski definition) is 3. The molecule has 1 aromatic heterocycles. The third kappa shape index (κ3) is 3.61. The van der Waals surface area contributed by atoms with Gasteiger partial charge in [-0.1, -0.05) is 56.3 Å². The van der Waals surface area contributed by atoms with Gasteiger partial charge >= 0.3 is 6.03 Å². The number of nitrogens with one attached hydrogen (secondary N) is 2. The van der Waals surface area contributed by atoms with Crippen LogP contribution >= 0.6 is 0 Å². The molecule has 6 rings (SSSR count). The Labute approximate surface area is 215 Å². The van der Waals surface area contributed by atoms with Gasteiger partial charge in [-0.15, -0.1) is 0 Å². The summed E-state index contributed by atoms with van der Waals surface area (Å²) in [6.45, 7) is 6.16. The average Bonchev–Trinajstić information content (AvgIpc) is 3.39. The molecule has 4 amide bonds. The highest BCUT2D eigenvalue weighted by Gasteiger charge is 2.52. The Balaban J connectivity index is 1.32. The zero-order chi connectivity index (χ0) is 25.8. The van der Waals surface area contributed by atoms with Crippen molar-refractivity contribution >= 4 is 40.1 Å². The summed E-state index contributed by atoms with van der Waals surface area (Å²) in [6.07, 6.45) is 0.432. The second kappa shape index (κ2) is 8.62. The van der Waals surface area contributed by atoms with Crippen molar-refractivity contribution in [3.05, 3.63) is 95.2 Å². The monoisotopic (exact) mass is 492 g/mol. The summed E-state index contributed by atoms with van der Waals surface area (Å²) in [5, 5.41) is 3.99. The van der Waals surface area contributed by atoms with Crippen molar-refractivity contribution < 1.29 is 14.4 Å². The number of para-hydroxylation sites is 2. The normalized spacial score (nSPS) is 18.9. The van der Waals surface area contributed by atoms with Gasteiger partial charge in [-0.05, 0) is 54.3 Å². The van der Waals surface area contributed by atoms with Crippen LogP contribution in [0.3, 0.4) is 0 Å². The molecule has 37 heavy (non-hydrogen) atoms. The molecule has 1 saturated heterocycles. The van der Waals surface area contributed by atoms with Gasteiger partial charge in [-0.3, -0.25) is 9.59 Å². The van der Waals surface area contributed by atoms with Crippen LogP contribution in [0, 0.1) is 0 Å². The molecular weight excluding hydrogens is 464 g/mol. The van der Waals surface area contributed by atoms with E-state index in [1.54, 1.807) is 29.2 Å². The Bertz CT molecular complexity index is 1550. The molecule has 7 nitrogen and oxygen atoms in total. The third-order valence-electron chi connectivity index (χ3n) is 7.56. The molecule has 0 aliphatic carbocycles. The highest BCUT2D eigenvalue weighted by molar-refractivity contribution is 6.24. The summed E-state index contributed by atoms with van der Waals surface area (Å²) in [7, 11) is 0. The SMILES string of the molecule is CC(C)c1ccc(NC(=O)c2ccccc2N2C(=O)C3Cc4c([nH]c5ccccc45)C(C)N3C2=O)cc1. The standard InChI is InChI=1S/C30H28N4O3/c1-17(2)19-12-14-20(15-13-19)31-28(35)22-9-5-7-11-25(22)34-29(36)26-16-23-21-8-4-6-10-24(21)32-27(23)18(3)33(26)30(34)37/h4-15,17-18,26,32H,16H2,1-3H3,(H,31,35). The van der Waals surface area contributed by atoms with E-state index in [1.807, 2.05) is 55.5 Å². The fourth-order valence-corrected chi connectivity index (χ4v) is 5.59. The van der Waals surface area contributed by atoms with Crippen molar-refractivity contribution in [1.29, 1.82) is 0 Å². The number of carbonyl (C=O) groups is 3. The lowest BCUT2D eigenvalue weighted by Gasteiger charge is -2.33. The zero-order valence-electron chi connectivity index (χ0n) is 21.0. The van der Waals surface area contributed by atoms with Crippen LogP contribution in [-0.2, 0) is 11.2 Å². The van der Waals surface area contributed by atoms with Crippen LogP contribution < -0.4 is 10.2 Å². The highest BCUT2D eigenvalue weighted by Crippen LogP contribution is 2.42. The van der Waals surface area contributed by atoms with Gasteiger partial charge in [0.05, 0.1) is 17.3 Å². The number of fused-ring (bicyclic) bond motifs is 4. The molecular formula is C30H28N4O3. The van der Waals surface area contributed by atoms with E-state index in [9.17, 15) is 14.4 Å². The lowest BCUT2D eigenvalue weighted by molar-refractivity contribution is -0.120. The minimum atomic E-state index is -0.617. The van der Waals surface area contributed by atoms with E-state index in [1.165, 1.54) is 10.5 Å². The van der Waals surface area contributed by atoms with Crippen LogP contribution in [0.5, 0.6) is 0 Å². The molecule has 2 atom stereocenters. The van der Waals surface area contributed by atoms with E-state index in [0.29, 0.717) is 23.7 Å². The van der Waals surface area contributed by atoms with E-state index in [2.05, 4.69) is 24.1 Å².